The Balaban J connectivity index is 2.62. The Kier molecular flexibility index (Phi) is 2.27. The van der Waals surface area contributed by atoms with Gasteiger partial charge in [-0.05, 0) is 12.8 Å². The average molecular weight is 156 g/mol. The van der Waals surface area contributed by atoms with Crippen LogP contribution in [0.1, 0.15) is 19.8 Å². The second-order valence-corrected chi connectivity index (χ2v) is 2.96. The zero-order valence-corrected chi connectivity index (χ0v) is 6.79. The van der Waals surface area contributed by atoms with Gasteiger partial charge in [0.25, 0.3) is 0 Å². The number of ketones is 1. The van der Waals surface area contributed by atoms with Crippen molar-refractivity contribution in [2.24, 2.45) is 11.8 Å². The molecule has 0 aromatic rings. The number of carbonyl (C=O) groups is 2. The lowest BCUT2D eigenvalue weighted by Crippen LogP contribution is -2.22. The summed E-state index contributed by atoms with van der Waals surface area (Å²) in [5, 5.41) is 0. The van der Waals surface area contributed by atoms with Crippen LogP contribution in [0, 0.1) is 11.8 Å². The summed E-state index contributed by atoms with van der Waals surface area (Å²) in [6, 6.07) is 0. The van der Waals surface area contributed by atoms with Gasteiger partial charge in [-0.15, -0.1) is 0 Å². The maximum atomic E-state index is 11.2. The molecular formula is C8H12O3. The van der Waals surface area contributed by atoms with Crippen molar-refractivity contribution in [1.82, 2.24) is 0 Å². The van der Waals surface area contributed by atoms with Crippen LogP contribution in [0.25, 0.3) is 0 Å². The van der Waals surface area contributed by atoms with Crippen LogP contribution in [0.2, 0.25) is 0 Å². The third-order valence-electron chi connectivity index (χ3n) is 2.20. The standard InChI is InChI=1S/C8H12O3/c1-5-3-4-6(7(5)9)8(10)11-2/h5-6H,3-4H2,1-2H3/t5-,6-/m0/s1. The van der Waals surface area contributed by atoms with E-state index in [4.69, 9.17) is 0 Å². The normalized spacial score (nSPS) is 30.5. The summed E-state index contributed by atoms with van der Waals surface area (Å²) in [5.74, 6) is -0.773. The van der Waals surface area contributed by atoms with Crippen LogP contribution in [-0.4, -0.2) is 18.9 Å². The number of hydrogen-bond donors (Lipinski definition) is 0. The topological polar surface area (TPSA) is 43.4 Å². The molecule has 11 heavy (non-hydrogen) atoms. The zero-order chi connectivity index (χ0) is 8.43. The quantitative estimate of drug-likeness (QED) is 0.416. The van der Waals surface area contributed by atoms with Crippen LogP contribution >= 0.6 is 0 Å². The molecule has 0 radical (unpaired) electrons. The maximum Gasteiger partial charge on any atom is 0.316 e. The van der Waals surface area contributed by atoms with Crippen molar-refractivity contribution in [3.63, 3.8) is 0 Å². The second kappa shape index (κ2) is 3.03. The number of Topliss-reactive ketones (excluding diaryl/α,β-unsaturated/α-hetero) is 1. The van der Waals surface area contributed by atoms with E-state index in [0.29, 0.717) is 6.42 Å². The molecule has 1 saturated carbocycles. The van der Waals surface area contributed by atoms with Crippen LogP contribution in [-0.2, 0) is 14.3 Å². The molecule has 1 fully saturated rings. The predicted molar refractivity (Wildman–Crippen MR) is 38.9 cm³/mol. The molecule has 62 valence electrons. The van der Waals surface area contributed by atoms with Crippen molar-refractivity contribution in [3.8, 4) is 0 Å². The molecule has 0 aromatic heterocycles. The molecule has 3 heteroatoms. The Morgan fingerprint density at radius 2 is 2.18 bits per heavy atom. The van der Waals surface area contributed by atoms with Crippen LogP contribution < -0.4 is 0 Å². The van der Waals surface area contributed by atoms with Gasteiger partial charge in [-0.3, -0.25) is 9.59 Å². The van der Waals surface area contributed by atoms with Gasteiger partial charge in [-0.1, -0.05) is 6.92 Å². The van der Waals surface area contributed by atoms with Crippen LogP contribution in [0.5, 0.6) is 0 Å². The third kappa shape index (κ3) is 1.42. The second-order valence-electron chi connectivity index (χ2n) is 2.96. The van der Waals surface area contributed by atoms with E-state index in [0.717, 1.165) is 6.42 Å². The minimum absolute atomic E-state index is 0.0388. The van der Waals surface area contributed by atoms with E-state index < -0.39 is 5.92 Å². The number of hydrogen-bond acceptors (Lipinski definition) is 3. The van der Waals surface area contributed by atoms with Gasteiger partial charge in [0.2, 0.25) is 0 Å². The number of rotatable bonds is 1. The Hall–Kier alpha value is -0.860. The predicted octanol–water partition coefficient (Wildman–Crippen LogP) is 0.775. The van der Waals surface area contributed by atoms with Gasteiger partial charge in [-0.25, -0.2) is 0 Å². The Morgan fingerprint density at radius 3 is 2.55 bits per heavy atom. The molecule has 0 saturated heterocycles. The number of methoxy groups -OCH3 is 1. The zero-order valence-electron chi connectivity index (χ0n) is 6.79. The molecule has 0 bridgehead atoms. The van der Waals surface area contributed by atoms with Crippen molar-refractivity contribution in [1.29, 1.82) is 0 Å². The molecule has 0 unspecified atom stereocenters. The van der Waals surface area contributed by atoms with E-state index in [9.17, 15) is 9.59 Å². The highest BCUT2D eigenvalue weighted by Crippen LogP contribution is 2.27. The lowest BCUT2D eigenvalue weighted by molar-refractivity contribution is -0.148. The van der Waals surface area contributed by atoms with Crippen molar-refractivity contribution < 1.29 is 14.3 Å². The summed E-state index contributed by atoms with van der Waals surface area (Å²) in [5.41, 5.74) is 0. The number of esters is 1. The van der Waals surface area contributed by atoms with E-state index in [1.807, 2.05) is 6.92 Å². The average Bonchev–Trinajstić information content (AvgIpc) is 2.32. The lowest BCUT2D eigenvalue weighted by atomic mass is 10.1. The van der Waals surface area contributed by atoms with Crippen molar-refractivity contribution in [3.05, 3.63) is 0 Å². The SMILES string of the molecule is COC(=O)[C@H]1CC[C@H](C)C1=O. The molecule has 3 nitrogen and oxygen atoms in total. The molecule has 0 aromatic carbocycles. The van der Waals surface area contributed by atoms with Gasteiger partial charge < -0.3 is 4.74 Å². The minimum Gasteiger partial charge on any atom is -0.468 e. The van der Waals surface area contributed by atoms with E-state index in [1.54, 1.807) is 0 Å². The highest BCUT2D eigenvalue weighted by atomic mass is 16.5. The molecule has 1 aliphatic carbocycles. The summed E-state index contributed by atoms with van der Waals surface area (Å²) >= 11 is 0. The molecule has 1 aliphatic rings. The monoisotopic (exact) mass is 156 g/mol. The largest absolute Gasteiger partial charge is 0.468 e. The molecule has 0 spiro atoms. The van der Waals surface area contributed by atoms with Gasteiger partial charge in [0.15, 0.2) is 0 Å². The van der Waals surface area contributed by atoms with Crippen molar-refractivity contribution in [2.75, 3.05) is 7.11 Å². The molecule has 2 atom stereocenters. The van der Waals surface area contributed by atoms with Gasteiger partial charge in [0.1, 0.15) is 11.7 Å². The molecule has 0 amide bonds. The molecule has 1 rings (SSSR count). The van der Waals surface area contributed by atoms with E-state index >= 15 is 0 Å². The summed E-state index contributed by atoms with van der Waals surface area (Å²) in [6.45, 7) is 1.85. The van der Waals surface area contributed by atoms with Gasteiger partial charge in [0, 0.05) is 5.92 Å². The lowest BCUT2D eigenvalue weighted by Gasteiger charge is -2.04. The van der Waals surface area contributed by atoms with Crippen molar-refractivity contribution in [2.45, 2.75) is 19.8 Å². The first-order valence-electron chi connectivity index (χ1n) is 3.78. The highest BCUT2D eigenvalue weighted by molar-refractivity contribution is 6.01. The van der Waals surface area contributed by atoms with Gasteiger partial charge in [0.05, 0.1) is 7.11 Å². The highest BCUT2D eigenvalue weighted by Gasteiger charge is 2.36. The maximum absolute atomic E-state index is 11.2. The summed E-state index contributed by atoms with van der Waals surface area (Å²) in [6.07, 6.45) is 1.48. The first kappa shape index (κ1) is 8.24. The first-order chi connectivity index (χ1) is 5.16. The minimum atomic E-state index is -0.477. The Morgan fingerprint density at radius 1 is 1.55 bits per heavy atom. The number of carbonyl (C=O) groups excluding carboxylic acids is 2. The van der Waals surface area contributed by atoms with Crippen LogP contribution in [0.3, 0.4) is 0 Å². The fourth-order valence-corrected chi connectivity index (χ4v) is 1.42. The summed E-state index contributed by atoms with van der Waals surface area (Å²) < 4.78 is 4.49. The fraction of sp³-hybridized carbons (Fsp3) is 0.750. The summed E-state index contributed by atoms with van der Waals surface area (Å²) in [7, 11) is 1.32. The Labute approximate surface area is 65.7 Å². The van der Waals surface area contributed by atoms with E-state index in [1.165, 1.54) is 7.11 Å². The molecular weight excluding hydrogens is 144 g/mol. The van der Waals surface area contributed by atoms with Gasteiger partial charge >= 0.3 is 5.97 Å². The van der Waals surface area contributed by atoms with Crippen LogP contribution in [0.4, 0.5) is 0 Å². The van der Waals surface area contributed by atoms with E-state index in [2.05, 4.69) is 4.74 Å². The Bertz CT molecular complexity index is 186. The molecule has 0 heterocycles. The molecule has 0 aliphatic heterocycles. The smallest absolute Gasteiger partial charge is 0.316 e. The molecule has 0 N–H and O–H groups in total. The third-order valence-corrected chi connectivity index (χ3v) is 2.20. The van der Waals surface area contributed by atoms with Crippen LogP contribution in [0.15, 0.2) is 0 Å². The number of ether oxygens (including phenoxy) is 1. The van der Waals surface area contributed by atoms with Crippen molar-refractivity contribution >= 4 is 11.8 Å². The van der Waals surface area contributed by atoms with E-state index in [-0.39, 0.29) is 17.7 Å². The fourth-order valence-electron chi connectivity index (χ4n) is 1.42. The first-order valence-corrected chi connectivity index (χ1v) is 3.78. The summed E-state index contributed by atoms with van der Waals surface area (Å²) in [4.78, 5) is 22.1. The van der Waals surface area contributed by atoms with Gasteiger partial charge in [-0.2, -0.15) is 0 Å².